The number of hydrogen-bond donors (Lipinski definition) is 2. The molecule has 0 aliphatic heterocycles. The lowest BCUT2D eigenvalue weighted by Gasteiger charge is -2.21. The minimum atomic E-state index is -0.108. The van der Waals surface area contributed by atoms with Crippen LogP contribution in [-0.4, -0.2) is 17.6 Å². The number of para-hydroxylation sites is 1. The molecule has 0 heterocycles. The second kappa shape index (κ2) is 11.0. The number of carbonyl (C=O) groups excluding carboxylic acids is 1. The van der Waals surface area contributed by atoms with Crippen molar-refractivity contribution in [1.29, 1.82) is 0 Å². The van der Waals surface area contributed by atoms with Gasteiger partial charge in [0.2, 0.25) is 5.91 Å². The maximum Gasteiger partial charge on any atom is 0.226 e. The number of thiocarbonyl (C=S) groups is 1. The van der Waals surface area contributed by atoms with Crippen LogP contribution in [0.15, 0.2) is 42.5 Å². The summed E-state index contributed by atoms with van der Waals surface area (Å²) >= 11 is 5.40. The van der Waals surface area contributed by atoms with E-state index in [1.54, 1.807) is 0 Å². The van der Waals surface area contributed by atoms with Crippen LogP contribution in [0.4, 0.5) is 5.69 Å². The Balaban J connectivity index is 1.85. The number of carbonyl (C=O) groups is 1. The Morgan fingerprint density at radius 2 is 1.59 bits per heavy atom. The molecular weight excluding hydrogens is 380 g/mol. The van der Waals surface area contributed by atoms with E-state index in [9.17, 15) is 4.79 Å². The third kappa shape index (κ3) is 7.17. The number of ether oxygens (including phenoxy) is 1. The van der Waals surface area contributed by atoms with Gasteiger partial charge in [0, 0.05) is 12.1 Å². The molecule has 2 N–H and O–H groups in total. The minimum Gasteiger partial charge on any atom is -0.494 e. The van der Waals surface area contributed by atoms with Crippen LogP contribution >= 0.6 is 12.2 Å². The Morgan fingerprint density at radius 3 is 2.14 bits per heavy atom. The molecule has 0 aromatic heterocycles. The van der Waals surface area contributed by atoms with E-state index in [0.717, 1.165) is 11.4 Å². The van der Waals surface area contributed by atoms with Crippen LogP contribution in [0.1, 0.15) is 69.1 Å². The topological polar surface area (TPSA) is 50.4 Å². The van der Waals surface area contributed by atoms with Crippen molar-refractivity contribution < 1.29 is 9.53 Å². The minimum absolute atomic E-state index is 0.108. The van der Waals surface area contributed by atoms with Gasteiger partial charge in [0.25, 0.3) is 0 Å². The first-order chi connectivity index (χ1) is 13.8. The number of nitrogens with one attached hydrogen (secondary N) is 2. The molecule has 0 spiro atoms. The van der Waals surface area contributed by atoms with E-state index < -0.39 is 0 Å². The molecule has 4 nitrogen and oxygen atoms in total. The molecule has 2 rings (SSSR count). The Hall–Kier alpha value is -2.40. The maximum absolute atomic E-state index is 12.2. The Labute approximate surface area is 180 Å². The summed E-state index contributed by atoms with van der Waals surface area (Å²) in [5.41, 5.74) is 4.58. The van der Waals surface area contributed by atoms with Crippen molar-refractivity contribution in [3.05, 3.63) is 59.2 Å². The fraction of sp³-hybridized carbons (Fsp3) is 0.417. The van der Waals surface area contributed by atoms with Crippen LogP contribution in [0.5, 0.6) is 5.75 Å². The van der Waals surface area contributed by atoms with Crippen LogP contribution < -0.4 is 15.4 Å². The molecule has 0 aliphatic rings. The average molecular weight is 413 g/mol. The summed E-state index contributed by atoms with van der Waals surface area (Å²) in [6.07, 6.45) is 0.985. The fourth-order valence-corrected chi connectivity index (χ4v) is 3.30. The van der Waals surface area contributed by atoms with E-state index in [2.05, 4.69) is 56.5 Å². The highest BCUT2D eigenvalue weighted by molar-refractivity contribution is 7.80. The number of rotatable bonds is 8. The van der Waals surface area contributed by atoms with Crippen molar-refractivity contribution in [3.8, 4) is 5.75 Å². The van der Waals surface area contributed by atoms with Crippen molar-refractivity contribution in [2.75, 3.05) is 11.9 Å². The summed E-state index contributed by atoms with van der Waals surface area (Å²) in [6.45, 7) is 11.1. The zero-order valence-electron chi connectivity index (χ0n) is 18.0. The Bertz CT molecular complexity index is 803. The van der Waals surface area contributed by atoms with Gasteiger partial charge in [-0.2, -0.15) is 0 Å². The molecule has 0 bridgehead atoms. The molecule has 1 amide bonds. The molecule has 0 atom stereocenters. The summed E-state index contributed by atoms with van der Waals surface area (Å²) < 4.78 is 5.67. The van der Waals surface area contributed by atoms with Gasteiger partial charge in [-0.15, -0.1) is 0 Å². The molecule has 2 aromatic carbocycles. The van der Waals surface area contributed by atoms with Gasteiger partial charge in [-0.25, -0.2) is 0 Å². The predicted octanol–water partition coefficient (Wildman–Crippen LogP) is 5.91. The SMILES string of the molecule is Cc1ccc(OCCCC(=O)NC(=S)Nc2c(C(C)C)cccc2C(C)C)cc1. The fourth-order valence-electron chi connectivity index (χ4n) is 3.09. The molecular formula is C24H32N2O2S. The van der Waals surface area contributed by atoms with Gasteiger partial charge in [-0.05, 0) is 60.7 Å². The third-order valence-electron chi connectivity index (χ3n) is 4.70. The lowest BCUT2D eigenvalue weighted by atomic mass is 9.93. The van der Waals surface area contributed by atoms with Gasteiger partial charge in [-0.1, -0.05) is 63.6 Å². The zero-order valence-corrected chi connectivity index (χ0v) is 18.9. The first-order valence-corrected chi connectivity index (χ1v) is 10.6. The van der Waals surface area contributed by atoms with Crippen molar-refractivity contribution in [2.24, 2.45) is 0 Å². The number of aryl methyl sites for hydroxylation is 1. The van der Waals surface area contributed by atoms with Crippen LogP contribution in [0.3, 0.4) is 0 Å². The highest BCUT2D eigenvalue weighted by atomic mass is 32.1. The van der Waals surface area contributed by atoms with E-state index in [-0.39, 0.29) is 5.91 Å². The highest BCUT2D eigenvalue weighted by Crippen LogP contribution is 2.32. The molecule has 0 fully saturated rings. The molecule has 29 heavy (non-hydrogen) atoms. The molecule has 5 heteroatoms. The quantitative estimate of drug-likeness (QED) is 0.418. The van der Waals surface area contributed by atoms with E-state index in [1.165, 1.54) is 16.7 Å². The molecule has 156 valence electrons. The van der Waals surface area contributed by atoms with Crippen molar-refractivity contribution in [2.45, 2.75) is 59.3 Å². The van der Waals surface area contributed by atoms with Crippen molar-refractivity contribution in [1.82, 2.24) is 5.32 Å². The summed E-state index contributed by atoms with van der Waals surface area (Å²) in [5, 5.41) is 6.39. The number of benzene rings is 2. The van der Waals surface area contributed by atoms with Crippen LogP contribution in [0.25, 0.3) is 0 Å². The molecule has 0 saturated carbocycles. The molecule has 0 unspecified atom stereocenters. The van der Waals surface area contributed by atoms with Gasteiger partial charge < -0.3 is 15.4 Å². The van der Waals surface area contributed by atoms with Crippen LogP contribution in [-0.2, 0) is 4.79 Å². The molecule has 0 radical (unpaired) electrons. The Morgan fingerprint density at radius 1 is 1.00 bits per heavy atom. The van der Waals surface area contributed by atoms with Crippen LogP contribution in [0, 0.1) is 6.92 Å². The molecule has 0 saturated heterocycles. The standard InChI is InChI=1S/C24H32N2O2S/c1-16(2)20-8-6-9-21(17(3)4)23(20)26-24(29)25-22(27)10-7-15-28-19-13-11-18(5)12-14-19/h6,8-9,11-14,16-17H,7,10,15H2,1-5H3,(H2,25,26,27,29). The molecule has 0 aliphatic carbocycles. The van der Waals surface area contributed by atoms with Gasteiger partial charge in [-0.3, -0.25) is 4.79 Å². The van der Waals surface area contributed by atoms with E-state index in [1.807, 2.05) is 31.2 Å². The lowest BCUT2D eigenvalue weighted by molar-refractivity contribution is -0.119. The van der Waals surface area contributed by atoms with Gasteiger partial charge >= 0.3 is 0 Å². The Kier molecular flexibility index (Phi) is 8.65. The first-order valence-electron chi connectivity index (χ1n) is 10.2. The average Bonchev–Trinajstić information content (AvgIpc) is 2.66. The van der Waals surface area contributed by atoms with Crippen molar-refractivity contribution >= 4 is 28.9 Å². The molecule has 2 aromatic rings. The number of amides is 1. The normalized spacial score (nSPS) is 10.9. The van der Waals surface area contributed by atoms with E-state index >= 15 is 0 Å². The largest absolute Gasteiger partial charge is 0.494 e. The highest BCUT2D eigenvalue weighted by Gasteiger charge is 2.15. The third-order valence-corrected chi connectivity index (χ3v) is 4.91. The number of anilines is 1. The van der Waals surface area contributed by atoms with Crippen molar-refractivity contribution in [3.63, 3.8) is 0 Å². The van der Waals surface area contributed by atoms with Crippen LogP contribution in [0.2, 0.25) is 0 Å². The van der Waals surface area contributed by atoms with E-state index in [0.29, 0.717) is 36.4 Å². The number of hydrogen-bond acceptors (Lipinski definition) is 3. The second-order valence-corrected chi connectivity index (χ2v) is 8.30. The first kappa shape index (κ1) is 22.9. The van der Waals surface area contributed by atoms with Gasteiger partial charge in [0.15, 0.2) is 5.11 Å². The van der Waals surface area contributed by atoms with Gasteiger partial charge in [0.1, 0.15) is 5.75 Å². The predicted molar refractivity (Wildman–Crippen MR) is 125 cm³/mol. The summed E-state index contributed by atoms with van der Waals surface area (Å²) in [4.78, 5) is 12.2. The lowest BCUT2D eigenvalue weighted by Crippen LogP contribution is -2.34. The monoisotopic (exact) mass is 412 g/mol. The zero-order chi connectivity index (χ0) is 21.4. The second-order valence-electron chi connectivity index (χ2n) is 7.89. The van der Waals surface area contributed by atoms with Gasteiger partial charge in [0.05, 0.1) is 6.61 Å². The smallest absolute Gasteiger partial charge is 0.226 e. The summed E-state index contributed by atoms with van der Waals surface area (Å²) in [5.74, 6) is 1.42. The summed E-state index contributed by atoms with van der Waals surface area (Å²) in [7, 11) is 0. The maximum atomic E-state index is 12.2. The van der Waals surface area contributed by atoms with E-state index in [4.69, 9.17) is 17.0 Å². The summed E-state index contributed by atoms with van der Waals surface area (Å²) in [6, 6.07) is 14.2.